The van der Waals surface area contributed by atoms with Crippen molar-refractivity contribution < 1.29 is 14.3 Å². The second-order valence-electron chi connectivity index (χ2n) is 11.2. The lowest BCUT2D eigenvalue weighted by molar-refractivity contribution is -0.121. The fraction of sp³-hybridized carbons (Fsp3) is 0.464. The van der Waals surface area contributed by atoms with Crippen LogP contribution in [0.1, 0.15) is 76.3 Å². The maximum atomic E-state index is 12.3. The van der Waals surface area contributed by atoms with Gasteiger partial charge in [0.2, 0.25) is 0 Å². The van der Waals surface area contributed by atoms with Crippen molar-refractivity contribution in [3.05, 3.63) is 58.1 Å². The predicted molar refractivity (Wildman–Crippen MR) is 135 cm³/mol. The van der Waals surface area contributed by atoms with Gasteiger partial charge < -0.3 is 14.8 Å². The molecule has 0 saturated carbocycles. The number of carbonyl (C=O) groups excluding carboxylic acids is 1. The minimum Gasteiger partial charge on any atom is -0.490 e. The SMILES string of the molecule is CCOc1cc2c(c3c1OC(C)(C)C3)C(c1cccc(C3=NC(=O)C(C)(C)N3)c1)=NC(C)(C)C2. The molecule has 1 N–H and O–H groups in total. The number of aliphatic imine (C=N–C) groups is 2. The van der Waals surface area contributed by atoms with E-state index in [0.29, 0.717) is 12.4 Å². The summed E-state index contributed by atoms with van der Waals surface area (Å²) in [7, 11) is 0. The quantitative estimate of drug-likeness (QED) is 0.724. The highest BCUT2D eigenvalue weighted by atomic mass is 16.5. The van der Waals surface area contributed by atoms with Crippen molar-refractivity contribution in [2.75, 3.05) is 6.61 Å². The van der Waals surface area contributed by atoms with E-state index in [0.717, 1.165) is 46.7 Å². The molecule has 2 aromatic rings. The highest BCUT2D eigenvalue weighted by Gasteiger charge is 2.40. The average Bonchev–Trinajstić information content (AvgIpc) is 3.21. The zero-order valence-corrected chi connectivity index (χ0v) is 21.1. The van der Waals surface area contributed by atoms with Crippen molar-refractivity contribution in [1.29, 1.82) is 0 Å². The Morgan fingerprint density at radius 2 is 1.79 bits per heavy atom. The van der Waals surface area contributed by atoms with Crippen molar-refractivity contribution in [3.63, 3.8) is 0 Å². The molecule has 0 radical (unpaired) electrons. The van der Waals surface area contributed by atoms with E-state index in [1.807, 2.05) is 32.9 Å². The van der Waals surface area contributed by atoms with Crippen LogP contribution in [0.2, 0.25) is 0 Å². The summed E-state index contributed by atoms with van der Waals surface area (Å²) < 4.78 is 12.4. The van der Waals surface area contributed by atoms with Gasteiger partial charge >= 0.3 is 0 Å². The molecule has 1 amide bonds. The lowest BCUT2D eigenvalue weighted by Gasteiger charge is -2.31. The van der Waals surface area contributed by atoms with Crippen LogP contribution < -0.4 is 14.8 Å². The summed E-state index contributed by atoms with van der Waals surface area (Å²) in [4.78, 5) is 21.8. The first-order chi connectivity index (χ1) is 15.9. The molecule has 3 aliphatic heterocycles. The fourth-order valence-electron chi connectivity index (χ4n) is 5.11. The van der Waals surface area contributed by atoms with Gasteiger partial charge in [-0.1, -0.05) is 18.2 Å². The standard InChI is InChI=1S/C28H33N3O3/c1-8-33-20-13-18-14-26(2,3)30-22(21(18)19-15-27(4,5)34-23(19)20)16-10-9-11-17(12-16)24-29-25(32)28(6,7)31-24/h9-13H,8,14-15H2,1-7H3,(H,29,31,32). The van der Waals surface area contributed by atoms with Gasteiger partial charge in [0.15, 0.2) is 11.5 Å². The van der Waals surface area contributed by atoms with Crippen LogP contribution in [0.4, 0.5) is 0 Å². The van der Waals surface area contributed by atoms with Crippen LogP contribution in [-0.4, -0.2) is 40.7 Å². The second kappa shape index (κ2) is 7.42. The number of nitrogens with one attached hydrogen (secondary N) is 1. The first-order valence-electron chi connectivity index (χ1n) is 12.0. The Morgan fingerprint density at radius 3 is 2.47 bits per heavy atom. The first kappa shape index (κ1) is 22.6. The Kier molecular flexibility index (Phi) is 4.94. The Hall–Kier alpha value is -3.15. The summed E-state index contributed by atoms with van der Waals surface area (Å²) in [5.74, 6) is 2.10. The maximum Gasteiger partial charge on any atom is 0.272 e. The third kappa shape index (κ3) is 3.79. The van der Waals surface area contributed by atoms with Crippen LogP contribution in [0.3, 0.4) is 0 Å². The van der Waals surface area contributed by atoms with Gasteiger partial charge in [-0.2, -0.15) is 4.99 Å². The summed E-state index contributed by atoms with van der Waals surface area (Å²) in [5, 5.41) is 3.26. The normalized spacial score (nSPS) is 21.1. The van der Waals surface area contributed by atoms with E-state index in [-0.39, 0.29) is 17.0 Å². The van der Waals surface area contributed by atoms with Gasteiger partial charge in [0.25, 0.3) is 5.91 Å². The second-order valence-corrected chi connectivity index (χ2v) is 11.2. The minimum absolute atomic E-state index is 0.157. The molecular formula is C28H33N3O3. The average molecular weight is 460 g/mol. The van der Waals surface area contributed by atoms with Crippen LogP contribution in [-0.2, 0) is 17.6 Å². The summed E-state index contributed by atoms with van der Waals surface area (Å²) in [5.41, 5.74) is 5.13. The Labute approximate surface area is 201 Å². The molecule has 0 bridgehead atoms. The molecule has 0 aliphatic carbocycles. The van der Waals surface area contributed by atoms with E-state index < -0.39 is 5.54 Å². The number of fused-ring (bicyclic) bond motifs is 3. The van der Waals surface area contributed by atoms with Crippen molar-refractivity contribution in [3.8, 4) is 11.5 Å². The van der Waals surface area contributed by atoms with Crippen molar-refractivity contribution >= 4 is 17.5 Å². The number of benzene rings is 2. The molecule has 2 aromatic carbocycles. The fourth-order valence-corrected chi connectivity index (χ4v) is 5.11. The third-order valence-corrected chi connectivity index (χ3v) is 6.57. The Morgan fingerprint density at radius 1 is 1.06 bits per heavy atom. The largest absolute Gasteiger partial charge is 0.490 e. The number of ether oxygens (including phenoxy) is 2. The van der Waals surface area contributed by atoms with Crippen LogP contribution in [0.15, 0.2) is 40.3 Å². The van der Waals surface area contributed by atoms with E-state index in [1.54, 1.807) is 0 Å². The smallest absolute Gasteiger partial charge is 0.272 e. The molecule has 5 rings (SSSR count). The van der Waals surface area contributed by atoms with Crippen molar-refractivity contribution in [1.82, 2.24) is 5.32 Å². The van der Waals surface area contributed by atoms with Crippen molar-refractivity contribution in [2.45, 2.75) is 78.0 Å². The van der Waals surface area contributed by atoms with Gasteiger partial charge in [0, 0.05) is 28.7 Å². The molecular weight excluding hydrogens is 426 g/mol. The molecule has 178 valence electrons. The number of amides is 1. The van der Waals surface area contributed by atoms with Gasteiger partial charge in [-0.25, -0.2) is 0 Å². The number of amidine groups is 1. The molecule has 3 heterocycles. The van der Waals surface area contributed by atoms with Gasteiger partial charge in [0.05, 0.1) is 17.9 Å². The summed E-state index contributed by atoms with van der Waals surface area (Å²) in [6.07, 6.45) is 1.62. The number of hydrogen-bond acceptors (Lipinski definition) is 5. The zero-order chi connectivity index (χ0) is 24.5. The van der Waals surface area contributed by atoms with E-state index in [9.17, 15) is 4.79 Å². The lowest BCUT2D eigenvalue weighted by atomic mass is 9.80. The number of rotatable bonds is 4. The van der Waals surface area contributed by atoms with Crippen LogP contribution >= 0.6 is 0 Å². The number of nitrogens with zero attached hydrogens (tertiary/aromatic N) is 2. The molecule has 0 fully saturated rings. The van der Waals surface area contributed by atoms with Gasteiger partial charge in [-0.05, 0) is 72.6 Å². The monoisotopic (exact) mass is 459 g/mol. The summed E-state index contributed by atoms with van der Waals surface area (Å²) >= 11 is 0. The van der Waals surface area contributed by atoms with E-state index in [1.165, 1.54) is 11.1 Å². The third-order valence-electron chi connectivity index (χ3n) is 6.57. The van der Waals surface area contributed by atoms with Crippen molar-refractivity contribution in [2.24, 2.45) is 9.98 Å². The molecule has 0 atom stereocenters. The van der Waals surface area contributed by atoms with Crippen LogP contribution in [0.5, 0.6) is 11.5 Å². The Bertz CT molecular complexity index is 1270. The van der Waals surface area contributed by atoms with Gasteiger partial charge in [0.1, 0.15) is 17.0 Å². The molecule has 0 saturated heterocycles. The zero-order valence-electron chi connectivity index (χ0n) is 21.1. The topological polar surface area (TPSA) is 72.3 Å². The summed E-state index contributed by atoms with van der Waals surface area (Å²) in [6.45, 7) is 14.8. The number of hydrogen-bond donors (Lipinski definition) is 1. The predicted octanol–water partition coefficient (Wildman–Crippen LogP) is 4.63. The molecule has 0 spiro atoms. The van der Waals surface area contributed by atoms with E-state index in [4.69, 9.17) is 14.5 Å². The van der Waals surface area contributed by atoms with E-state index >= 15 is 0 Å². The highest BCUT2D eigenvalue weighted by molar-refractivity contribution is 6.18. The molecule has 6 heteroatoms. The van der Waals surface area contributed by atoms with E-state index in [2.05, 4.69) is 56.2 Å². The molecule has 3 aliphatic rings. The molecule has 0 aromatic heterocycles. The Balaban J connectivity index is 1.67. The lowest BCUT2D eigenvalue weighted by Crippen LogP contribution is -2.42. The maximum absolute atomic E-state index is 12.3. The van der Waals surface area contributed by atoms with Crippen LogP contribution in [0, 0.1) is 0 Å². The van der Waals surface area contributed by atoms with Crippen LogP contribution in [0.25, 0.3) is 0 Å². The first-order valence-corrected chi connectivity index (χ1v) is 12.0. The number of carbonyl (C=O) groups is 1. The van der Waals surface area contributed by atoms with Gasteiger partial charge in [-0.3, -0.25) is 9.79 Å². The minimum atomic E-state index is -0.693. The highest BCUT2D eigenvalue weighted by Crippen LogP contribution is 2.48. The molecule has 6 nitrogen and oxygen atoms in total. The van der Waals surface area contributed by atoms with Gasteiger partial charge in [-0.15, -0.1) is 0 Å². The molecule has 0 unspecified atom stereocenters. The summed E-state index contributed by atoms with van der Waals surface area (Å²) in [6, 6.07) is 10.3. The molecule has 34 heavy (non-hydrogen) atoms.